The predicted octanol–water partition coefficient (Wildman–Crippen LogP) is 1.14. The minimum Gasteiger partial charge on any atom is -0.376 e. The Morgan fingerprint density at radius 2 is 2.28 bits per heavy atom. The molecule has 0 aromatic carbocycles. The largest absolute Gasteiger partial charge is 0.376 e. The van der Waals surface area contributed by atoms with Crippen LogP contribution in [-0.2, 0) is 16.1 Å². The fourth-order valence-corrected chi connectivity index (χ4v) is 2.20. The fourth-order valence-electron chi connectivity index (χ4n) is 2.20. The van der Waals surface area contributed by atoms with Crippen LogP contribution in [-0.4, -0.2) is 61.6 Å². The minimum atomic E-state index is -0.399. The van der Waals surface area contributed by atoms with Gasteiger partial charge in [0.1, 0.15) is 5.82 Å². The molecule has 1 aromatic heterocycles. The fraction of sp³-hybridized carbons (Fsp3) is 0.562. The van der Waals surface area contributed by atoms with E-state index in [0.29, 0.717) is 12.5 Å². The van der Waals surface area contributed by atoms with E-state index in [0.717, 1.165) is 19.4 Å². The van der Waals surface area contributed by atoms with Crippen LogP contribution in [0.2, 0.25) is 0 Å². The van der Waals surface area contributed by atoms with Crippen molar-refractivity contribution in [2.75, 3.05) is 33.8 Å². The molecule has 140 valence electrons. The van der Waals surface area contributed by atoms with Crippen molar-refractivity contribution in [3.8, 4) is 0 Å². The lowest BCUT2D eigenvalue weighted by Gasteiger charge is -2.17. The number of pyridine rings is 1. The van der Waals surface area contributed by atoms with E-state index in [1.54, 1.807) is 14.1 Å². The van der Waals surface area contributed by atoms with Gasteiger partial charge in [-0.25, -0.2) is 9.38 Å². The Kier molecular flexibility index (Phi) is 9.65. The quantitative estimate of drug-likeness (QED) is 0.375. The molecular weight excluding hydrogens is 440 g/mol. The van der Waals surface area contributed by atoms with Gasteiger partial charge in [-0.05, 0) is 25.0 Å². The molecule has 2 rings (SSSR count). The summed E-state index contributed by atoms with van der Waals surface area (Å²) in [6.07, 6.45) is 3.69. The number of rotatable bonds is 6. The first-order valence-electron chi connectivity index (χ1n) is 7.99. The highest BCUT2D eigenvalue weighted by Crippen LogP contribution is 2.10. The summed E-state index contributed by atoms with van der Waals surface area (Å²) >= 11 is 0. The molecule has 0 aliphatic carbocycles. The number of amides is 1. The Hall–Kier alpha value is -1.49. The third kappa shape index (κ3) is 7.51. The Morgan fingerprint density at radius 3 is 2.92 bits per heavy atom. The summed E-state index contributed by atoms with van der Waals surface area (Å²) in [7, 11) is 3.37. The van der Waals surface area contributed by atoms with Gasteiger partial charge >= 0.3 is 0 Å². The van der Waals surface area contributed by atoms with Gasteiger partial charge in [-0.15, -0.1) is 24.0 Å². The molecule has 2 heterocycles. The van der Waals surface area contributed by atoms with Crippen molar-refractivity contribution >= 4 is 35.8 Å². The van der Waals surface area contributed by atoms with Crippen LogP contribution < -0.4 is 10.6 Å². The molecule has 0 saturated carbocycles. The molecule has 9 heteroatoms. The van der Waals surface area contributed by atoms with Crippen LogP contribution in [0, 0.1) is 5.82 Å². The maximum absolute atomic E-state index is 13.6. The molecule has 25 heavy (non-hydrogen) atoms. The van der Waals surface area contributed by atoms with Crippen LogP contribution in [0.25, 0.3) is 0 Å². The van der Waals surface area contributed by atoms with Crippen molar-refractivity contribution in [2.24, 2.45) is 4.99 Å². The number of hydrogen-bond acceptors (Lipinski definition) is 4. The third-order valence-corrected chi connectivity index (χ3v) is 3.65. The van der Waals surface area contributed by atoms with Gasteiger partial charge in [-0.1, -0.05) is 0 Å². The van der Waals surface area contributed by atoms with Crippen LogP contribution in [0.3, 0.4) is 0 Å². The summed E-state index contributed by atoms with van der Waals surface area (Å²) in [5, 5.41) is 6.10. The molecular formula is C16H25FIN5O2. The van der Waals surface area contributed by atoms with Gasteiger partial charge in [0.15, 0.2) is 5.96 Å². The van der Waals surface area contributed by atoms with Crippen LogP contribution in [0.15, 0.2) is 23.3 Å². The lowest BCUT2D eigenvalue weighted by Crippen LogP contribution is -2.45. The highest BCUT2D eigenvalue weighted by Gasteiger charge is 2.16. The number of likely N-dealkylation sites (N-methyl/N-ethyl adjacent to an activating group) is 1. The summed E-state index contributed by atoms with van der Waals surface area (Å²) in [5.41, 5.74) is 0.259. The highest BCUT2D eigenvalue weighted by molar-refractivity contribution is 14.0. The zero-order valence-electron chi connectivity index (χ0n) is 14.5. The highest BCUT2D eigenvalue weighted by atomic mass is 127. The first-order valence-corrected chi connectivity index (χ1v) is 7.99. The second-order valence-electron chi connectivity index (χ2n) is 5.75. The Labute approximate surface area is 164 Å². The van der Waals surface area contributed by atoms with Gasteiger partial charge in [0, 0.05) is 33.4 Å². The van der Waals surface area contributed by atoms with Crippen molar-refractivity contribution in [2.45, 2.75) is 25.5 Å². The average Bonchev–Trinajstić information content (AvgIpc) is 3.08. The van der Waals surface area contributed by atoms with Gasteiger partial charge < -0.3 is 20.3 Å². The van der Waals surface area contributed by atoms with Gasteiger partial charge in [0.2, 0.25) is 5.91 Å². The van der Waals surface area contributed by atoms with Gasteiger partial charge in [0.25, 0.3) is 0 Å². The summed E-state index contributed by atoms with van der Waals surface area (Å²) in [5.74, 6) is -0.0412. The first kappa shape index (κ1) is 21.6. The van der Waals surface area contributed by atoms with Crippen molar-refractivity contribution in [1.29, 1.82) is 0 Å². The molecule has 1 unspecified atom stereocenters. The average molecular weight is 465 g/mol. The molecule has 0 bridgehead atoms. The maximum atomic E-state index is 13.6. The second kappa shape index (κ2) is 11.2. The first-order chi connectivity index (χ1) is 11.6. The smallest absolute Gasteiger partial charge is 0.241 e. The van der Waals surface area contributed by atoms with E-state index in [1.807, 2.05) is 0 Å². The van der Waals surface area contributed by atoms with E-state index >= 15 is 0 Å². The maximum Gasteiger partial charge on any atom is 0.241 e. The second-order valence-corrected chi connectivity index (χ2v) is 5.75. The number of nitrogens with one attached hydrogen (secondary N) is 2. The standard InChI is InChI=1S/C16H24FN5O2.HI/c1-22(2)15(23)11-21-16(19-9-12-5-4-8-24-12)20-10-14-13(17)6-3-7-18-14;/h3,6-7,12H,4-5,8-11H2,1-2H3,(H2,19,20,21);1H. The molecule has 1 amide bonds. The Bertz CT molecular complexity index is 579. The third-order valence-electron chi connectivity index (χ3n) is 3.65. The van der Waals surface area contributed by atoms with E-state index in [-0.39, 0.29) is 54.8 Å². The zero-order valence-corrected chi connectivity index (χ0v) is 16.8. The zero-order chi connectivity index (χ0) is 17.4. The normalized spacial score (nSPS) is 16.9. The number of nitrogens with zero attached hydrogens (tertiary/aromatic N) is 3. The van der Waals surface area contributed by atoms with E-state index in [9.17, 15) is 9.18 Å². The molecule has 0 radical (unpaired) electrons. The summed E-state index contributed by atoms with van der Waals surface area (Å²) in [6, 6.07) is 2.88. The van der Waals surface area contributed by atoms with Crippen molar-refractivity contribution < 1.29 is 13.9 Å². The van der Waals surface area contributed by atoms with Crippen LogP contribution in [0.5, 0.6) is 0 Å². The van der Waals surface area contributed by atoms with Gasteiger partial charge in [-0.2, -0.15) is 0 Å². The SMILES string of the molecule is CN(C)C(=O)CNC(=NCc1ncccc1F)NCC1CCCO1.I. The van der Waals surface area contributed by atoms with Crippen molar-refractivity contribution in [3.63, 3.8) is 0 Å². The number of carbonyl (C=O) groups excluding carboxylic acids is 1. The van der Waals surface area contributed by atoms with Crippen molar-refractivity contribution in [1.82, 2.24) is 20.5 Å². The van der Waals surface area contributed by atoms with Gasteiger partial charge in [0.05, 0.1) is 24.9 Å². The number of hydrogen-bond donors (Lipinski definition) is 2. The summed E-state index contributed by atoms with van der Waals surface area (Å²) < 4.78 is 19.2. The molecule has 1 fully saturated rings. The topological polar surface area (TPSA) is 78.9 Å². The molecule has 7 nitrogen and oxygen atoms in total. The molecule has 1 aliphatic rings. The monoisotopic (exact) mass is 465 g/mol. The van der Waals surface area contributed by atoms with Crippen LogP contribution in [0.4, 0.5) is 4.39 Å². The van der Waals surface area contributed by atoms with Crippen LogP contribution >= 0.6 is 24.0 Å². The number of halogens is 2. The number of ether oxygens (including phenoxy) is 1. The van der Waals surface area contributed by atoms with E-state index < -0.39 is 5.82 Å². The van der Waals surface area contributed by atoms with E-state index in [2.05, 4.69) is 20.6 Å². The van der Waals surface area contributed by atoms with E-state index in [1.165, 1.54) is 23.2 Å². The predicted molar refractivity (Wildman–Crippen MR) is 104 cm³/mol. The summed E-state index contributed by atoms with van der Waals surface area (Å²) in [4.78, 5) is 21.5. The lowest BCUT2D eigenvalue weighted by molar-refractivity contribution is -0.127. The van der Waals surface area contributed by atoms with Crippen molar-refractivity contribution in [3.05, 3.63) is 29.8 Å². The van der Waals surface area contributed by atoms with Crippen LogP contribution in [0.1, 0.15) is 18.5 Å². The molecule has 2 N–H and O–H groups in total. The number of carbonyl (C=O) groups is 1. The molecule has 0 spiro atoms. The molecule has 1 aliphatic heterocycles. The lowest BCUT2D eigenvalue weighted by atomic mass is 10.2. The minimum absolute atomic E-state index is 0. The summed E-state index contributed by atoms with van der Waals surface area (Å²) in [6.45, 7) is 1.55. The molecule has 1 atom stereocenters. The van der Waals surface area contributed by atoms with Gasteiger partial charge in [-0.3, -0.25) is 9.78 Å². The Morgan fingerprint density at radius 1 is 1.48 bits per heavy atom. The number of aromatic nitrogens is 1. The molecule has 1 saturated heterocycles. The Balaban J connectivity index is 0.00000312. The number of aliphatic imine (C=N–C) groups is 1. The number of guanidine groups is 1. The molecule has 1 aromatic rings. The van der Waals surface area contributed by atoms with E-state index in [4.69, 9.17) is 4.74 Å².